The van der Waals surface area contributed by atoms with Crippen molar-refractivity contribution in [3.05, 3.63) is 11.3 Å². The second kappa shape index (κ2) is 7.00. The van der Waals surface area contributed by atoms with E-state index in [-0.39, 0.29) is 5.41 Å². The molecule has 16 heavy (non-hydrogen) atoms. The Kier molecular flexibility index (Phi) is 5.96. The van der Waals surface area contributed by atoms with Crippen molar-refractivity contribution in [1.29, 1.82) is 0 Å². The molecule has 0 saturated carbocycles. The Balaban J connectivity index is 2.36. The fraction of sp³-hybridized carbons (Fsp3) is 0.846. The van der Waals surface area contributed by atoms with E-state index in [1.165, 1.54) is 50.1 Å². The van der Waals surface area contributed by atoms with Gasteiger partial charge in [0.15, 0.2) is 0 Å². The van der Waals surface area contributed by atoms with Gasteiger partial charge in [0.05, 0.1) is 0 Å². The van der Waals surface area contributed by atoms with Gasteiger partial charge in [0.25, 0.3) is 0 Å². The van der Waals surface area contributed by atoms with E-state index < -0.39 is 0 Å². The first-order valence-corrected chi connectivity index (χ1v) is 7.33. The summed E-state index contributed by atoms with van der Waals surface area (Å²) in [6, 6.07) is 0. The minimum absolute atomic E-state index is 0.201. The molecule has 1 aromatic rings. The standard InChI is InChI=1S/C13H24N2S/c1-4-6-7-8-9-10-13(3,5-2)12-14-11-16-15-12/h11H,4-10H2,1-3H3. The van der Waals surface area contributed by atoms with Crippen LogP contribution in [0.4, 0.5) is 0 Å². The molecule has 2 nitrogen and oxygen atoms in total. The van der Waals surface area contributed by atoms with Crippen molar-refractivity contribution in [2.45, 2.75) is 71.1 Å². The Bertz CT molecular complexity index is 271. The summed E-state index contributed by atoms with van der Waals surface area (Å²) >= 11 is 1.47. The first-order valence-electron chi connectivity index (χ1n) is 6.50. The van der Waals surface area contributed by atoms with Gasteiger partial charge < -0.3 is 0 Å². The minimum Gasteiger partial charge on any atom is -0.227 e. The molecule has 0 aliphatic carbocycles. The Morgan fingerprint density at radius 1 is 1.19 bits per heavy atom. The molecule has 0 N–H and O–H groups in total. The fourth-order valence-corrected chi connectivity index (χ4v) is 2.56. The highest BCUT2D eigenvalue weighted by molar-refractivity contribution is 7.03. The fourth-order valence-electron chi connectivity index (χ4n) is 2.00. The van der Waals surface area contributed by atoms with Gasteiger partial charge in [-0.3, -0.25) is 0 Å². The lowest BCUT2D eigenvalue weighted by Crippen LogP contribution is -2.22. The summed E-state index contributed by atoms with van der Waals surface area (Å²) in [6.45, 7) is 6.80. The van der Waals surface area contributed by atoms with Gasteiger partial charge in [0.1, 0.15) is 11.3 Å². The highest BCUT2D eigenvalue weighted by Crippen LogP contribution is 2.31. The first-order chi connectivity index (χ1) is 7.73. The third kappa shape index (κ3) is 3.85. The van der Waals surface area contributed by atoms with Crippen LogP contribution in [0.2, 0.25) is 0 Å². The maximum atomic E-state index is 4.40. The zero-order valence-corrected chi connectivity index (χ0v) is 11.6. The number of aromatic nitrogens is 2. The van der Waals surface area contributed by atoms with E-state index in [0.29, 0.717) is 0 Å². The number of rotatable bonds is 8. The zero-order valence-electron chi connectivity index (χ0n) is 10.8. The van der Waals surface area contributed by atoms with Crippen LogP contribution in [0.5, 0.6) is 0 Å². The van der Waals surface area contributed by atoms with Crippen LogP contribution >= 0.6 is 11.5 Å². The molecule has 0 saturated heterocycles. The van der Waals surface area contributed by atoms with Gasteiger partial charge in [-0.1, -0.05) is 52.9 Å². The largest absolute Gasteiger partial charge is 0.227 e. The van der Waals surface area contributed by atoms with Gasteiger partial charge in [-0.05, 0) is 24.4 Å². The van der Waals surface area contributed by atoms with E-state index in [0.717, 1.165) is 12.2 Å². The van der Waals surface area contributed by atoms with Gasteiger partial charge in [-0.25, -0.2) is 4.98 Å². The topological polar surface area (TPSA) is 25.8 Å². The van der Waals surface area contributed by atoms with Crippen LogP contribution in [0.1, 0.15) is 71.5 Å². The van der Waals surface area contributed by atoms with Crippen LogP contribution in [-0.4, -0.2) is 9.36 Å². The molecule has 0 bridgehead atoms. The van der Waals surface area contributed by atoms with Gasteiger partial charge in [0.2, 0.25) is 0 Å². The van der Waals surface area contributed by atoms with Crippen LogP contribution in [0, 0.1) is 0 Å². The summed E-state index contributed by atoms with van der Waals surface area (Å²) in [5.41, 5.74) is 2.05. The number of nitrogens with zero attached hydrogens (tertiary/aromatic N) is 2. The second-order valence-electron chi connectivity index (χ2n) is 4.83. The van der Waals surface area contributed by atoms with Crippen LogP contribution in [-0.2, 0) is 5.41 Å². The molecular formula is C13H24N2S. The Morgan fingerprint density at radius 3 is 2.50 bits per heavy atom. The maximum Gasteiger partial charge on any atom is 0.148 e. The van der Waals surface area contributed by atoms with Crippen LogP contribution in [0.15, 0.2) is 5.51 Å². The number of hydrogen-bond acceptors (Lipinski definition) is 3. The quantitative estimate of drug-likeness (QED) is 0.622. The maximum absolute atomic E-state index is 4.40. The van der Waals surface area contributed by atoms with Gasteiger partial charge in [-0.15, -0.1) is 0 Å². The molecular weight excluding hydrogens is 216 g/mol. The third-order valence-electron chi connectivity index (χ3n) is 3.51. The summed E-state index contributed by atoms with van der Waals surface area (Å²) in [5, 5.41) is 0. The van der Waals surface area contributed by atoms with E-state index in [4.69, 9.17) is 0 Å². The lowest BCUT2D eigenvalue weighted by molar-refractivity contribution is 0.377. The molecule has 1 unspecified atom stereocenters. The van der Waals surface area contributed by atoms with E-state index in [1.54, 1.807) is 0 Å². The molecule has 1 atom stereocenters. The molecule has 0 spiro atoms. The molecule has 1 aromatic heterocycles. The smallest absolute Gasteiger partial charge is 0.148 e. The van der Waals surface area contributed by atoms with Gasteiger partial charge in [0, 0.05) is 5.41 Å². The van der Waals surface area contributed by atoms with E-state index in [2.05, 4.69) is 30.1 Å². The molecule has 0 aliphatic rings. The molecule has 1 rings (SSSR count). The molecule has 1 heterocycles. The molecule has 0 aliphatic heterocycles. The normalized spacial score (nSPS) is 14.9. The molecule has 0 aromatic carbocycles. The van der Waals surface area contributed by atoms with Crippen molar-refractivity contribution < 1.29 is 0 Å². The molecule has 0 amide bonds. The highest BCUT2D eigenvalue weighted by atomic mass is 32.1. The molecule has 92 valence electrons. The summed E-state index contributed by atoms with van der Waals surface area (Å²) in [7, 11) is 0. The Hall–Kier alpha value is -0.440. The average molecular weight is 240 g/mol. The van der Waals surface area contributed by atoms with Crippen molar-refractivity contribution in [2.24, 2.45) is 0 Å². The van der Waals surface area contributed by atoms with E-state index >= 15 is 0 Å². The SMILES string of the molecule is CCCCCCCC(C)(CC)c1ncsn1. The third-order valence-corrected chi connectivity index (χ3v) is 3.99. The van der Waals surface area contributed by atoms with E-state index in [1.807, 2.05) is 5.51 Å². The number of unbranched alkanes of at least 4 members (excludes halogenated alkanes) is 4. The molecule has 3 heteroatoms. The second-order valence-corrected chi connectivity index (χ2v) is 5.44. The summed E-state index contributed by atoms with van der Waals surface area (Å²) in [6.07, 6.45) is 9.09. The van der Waals surface area contributed by atoms with Crippen LogP contribution in [0.25, 0.3) is 0 Å². The van der Waals surface area contributed by atoms with Crippen molar-refractivity contribution in [3.63, 3.8) is 0 Å². The lowest BCUT2D eigenvalue weighted by atomic mass is 9.81. The van der Waals surface area contributed by atoms with Crippen molar-refractivity contribution >= 4 is 11.5 Å². The summed E-state index contributed by atoms with van der Waals surface area (Å²) in [4.78, 5) is 4.38. The number of hydrogen-bond donors (Lipinski definition) is 0. The minimum atomic E-state index is 0.201. The summed E-state index contributed by atoms with van der Waals surface area (Å²) in [5.74, 6) is 1.05. The van der Waals surface area contributed by atoms with Gasteiger partial charge >= 0.3 is 0 Å². The van der Waals surface area contributed by atoms with Crippen molar-refractivity contribution in [2.75, 3.05) is 0 Å². The monoisotopic (exact) mass is 240 g/mol. The average Bonchev–Trinajstić information content (AvgIpc) is 2.82. The predicted molar refractivity (Wildman–Crippen MR) is 70.9 cm³/mol. The van der Waals surface area contributed by atoms with Crippen molar-refractivity contribution in [1.82, 2.24) is 9.36 Å². The molecule has 0 radical (unpaired) electrons. The van der Waals surface area contributed by atoms with E-state index in [9.17, 15) is 0 Å². The zero-order chi connectivity index (χ0) is 11.9. The Morgan fingerprint density at radius 2 is 1.94 bits per heavy atom. The predicted octanol–water partition coefficient (Wildman–Crippen LogP) is 4.57. The molecule has 0 fully saturated rings. The lowest BCUT2D eigenvalue weighted by Gasteiger charge is -2.24. The first kappa shape index (κ1) is 13.6. The highest BCUT2D eigenvalue weighted by Gasteiger charge is 2.27. The van der Waals surface area contributed by atoms with Crippen molar-refractivity contribution in [3.8, 4) is 0 Å². The Labute approximate surface area is 104 Å². The van der Waals surface area contributed by atoms with Crippen LogP contribution < -0.4 is 0 Å². The van der Waals surface area contributed by atoms with Gasteiger partial charge in [-0.2, -0.15) is 4.37 Å². The van der Waals surface area contributed by atoms with Crippen LogP contribution in [0.3, 0.4) is 0 Å². The summed E-state index contributed by atoms with van der Waals surface area (Å²) < 4.78 is 4.40.